The predicted molar refractivity (Wildman–Crippen MR) is 160 cm³/mol. The first-order valence-corrected chi connectivity index (χ1v) is 16.6. The summed E-state index contributed by atoms with van der Waals surface area (Å²) in [6.07, 6.45) is 3.52. The van der Waals surface area contributed by atoms with Crippen molar-refractivity contribution in [2.75, 3.05) is 6.54 Å². The number of amides is 1. The lowest BCUT2D eigenvalue weighted by Gasteiger charge is -2.33. The van der Waals surface area contributed by atoms with Crippen LogP contribution in [0.2, 0.25) is 10.0 Å². The highest BCUT2D eigenvalue weighted by Gasteiger charge is 2.33. The summed E-state index contributed by atoms with van der Waals surface area (Å²) in [6.45, 7) is 9.95. The maximum atomic E-state index is 13.9. The summed E-state index contributed by atoms with van der Waals surface area (Å²) in [5.41, 5.74) is -0.401. The van der Waals surface area contributed by atoms with Crippen LogP contribution < -0.4 is 4.72 Å². The van der Waals surface area contributed by atoms with E-state index in [2.05, 4.69) is 19.9 Å². The molecule has 1 aromatic carbocycles. The van der Waals surface area contributed by atoms with Crippen molar-refractivity contribution < 1.29 is 27.2 Å². The fourth-order valence-electron chi connectivity index (χ4n) is 4.55. The molecule has 0 saturated carbocycles. The number of likely N-dealkylation sites (tertiary alicyclic amines) is 1. The summed E-state index contributed by atoms with van der Waals surface area (Å²) in [4.78, 5) is 31.3. The van der Waals surface area contributed by atoms with E-state index >= 15 is 0 Å². The molecule has 2 atom stereocenters. The molecule has 1 aliphatic rings. The molecule has 42 heavy (non-hydrogen) atoms. The Balaban J connectivity index is 1.80. The molecular formula is C27H33Cl2N5O6S2. The van der Waals surface area contributed by atoms with Crippen molar-refractivity contribution in [2.45, 2.75) is 89.3 Å². The van der Waals surface area contributed by atoms with Gasteiger partial charge in [-0.15, -0.1) is 21.5 Å². The summed E-state index contributed by atoms with van der Waals surface area (Å²) in [5, 5.41) is 8.24. The highest BCUT2D eigenvalue weighted by molar-refractivity contribution is 7.89. The lowest BCUT2D eigenvalue weighted by Crippen LogP contribution is -2.42. The second kappa shape index (κ2) is 13.0. The monoisotopic (exact) mass is 657 g/mol. The molecule has 3 aromatic rings. The van der Waals surface area contributed by atoms with Crippen LogP contribution in [0, 0.1) is 0 Å². The number of aromatic nitrogens is 3. The van der Waals surface area contributed by atoms with Crippen molar-refractivity contribution in [3.63, 3.8) is 0 Å². The summed E-state index contributed by atoms with van der Waals surface area (Å²) in [7, 11) is -3.95. The van der Waals surface area contributed by atoms with Crippen molar-refractivity contribution in [3.05, 3.63) is 33.8 Å². The largest absolute Gasteiger partial charge is 0.461 e. The molecular weight excluding hydrogens is 625 g/mol. The van der Waals surface area contributed by atoms with Gasteiger partial charge in [-0.2, -0.15) is 0 Å². The smallest absolute Gasteiger partial charge is 0.293 e. The Kier molecular flexibility index (Phi) is 9.98. The number of thiazole rings is 1. The Morgan fingerprint density at radius 3 is 2.69 bits per heavy atom. The third-order valence-electron chi connectivity index (χ3n) is 7.04. The Morgan fingerprint density at radius 1 is 1.29 bits per heavy atom. The molecule has 1 saturated heterocycles. The van der Waals surface area contributed by atoms with Crippen molar-refractivity contribution in [1.82, 2.24) is 24.8 Å². The number of hydrogen-bond acceptors (Lipinski definition) is 10. The molecule has 1 amide bonds. The highest BCUT2D eigenvalue weighted by atomic mass is 35.5. The number of halogens is 2. The van der Waals surface area contributed by atoms with Crippen LogP contribution in [0.15, 0.2) is 21.4 Å². The lowest BCUT2D eigenvalue weighted by molar-refractivity contribution is -0.140. The van der Waals surface area contributed by atoms with Gasteiger partial charge in [0.25, 0.3) is 18.3 Å². The molecule has 0 unspecified atom stereocenters. The van der Waals surface area contributed by atoms with Gasteiger partial charge in [0.15, 0.2) is 5.01 Å². The number of carbonyl (C=O) groups is 2. The van der Waals surface area contributed by atoms with Gasteiger partial charge in [0, 0.05) is 24.2 Å². The molecule has 1 fully saturated rings. The van der Waals surface area contributed by atoms with E-state index in [1.165, 1.54) is 12.1 Å². The average molecular weight is 659 g/mol. The van der Waals surface area contributed by atoms with Gasteiger partial charge >= 0.3 is 0 Å². The number of ether oxygens (including phenoxy) is 1. The van der Waals surface area contributed by atoms with Crippen molar-refractivity contribution in [1.29, 1.82) is 0 Å². The standard InChI is InChI=1S/C27H33Cl2N5O6S2/c1-6-15(2)33-42(37,38)18-11-10-17(20(28)21(18)29)23-22(26(36)34-12-8-7-9-16(34)3)30-25(41-23)24-32-31-19(40-24)13-27(4,5)39-14-35/h10-11,14-16,33H,6-9,12-13H2,1-5H3/t15-,16+/m1/s1. The number of piperidine rings is 1. The summed E-state index contributed by atoms with van der Waals surface area (Å²) < 4.78 is 39.5. The van der Waals surface area contributed by atoms with Crippen LogP contribution in [0.5, 0.6) is 0 Å². The second-order valence-electron chi connectivity index (χ2n) is 10.9. The van der Waals surface area contributed by atoms with Gasteiger partial charge in [-0.25, -0.2) is 18.1 Å². The summed E-state index contributed by atoms with van der Waals surface area (Å²) in [5.74, 6) is 0.000851. The molecule has 1 aliphatic heterocycles. The van der Waals surface area contributed by atoms with Gasteiger partial charge in [0.2, 0.25) is 15.9 Å². The number of benzene rings is 1. The van der Waals surface area contributed by atoms with E-state index in [-0.39, 0.29) is 61.8 Å². The van der Waals surface area contributed by atoms with E-state index in [1.807, 2.05) is 13.8 Å². The van der Waals surface area contributed by atoms with Crippen LogP contribution in [0.1, 0.15) is 76.7 Å². The number of hydrogen-bond donors (Lipinski definition) is 1. The Morgan fingerprint density at radius 2 is 2.02 bits per heavy atom. The molecule has 0 bridgehead atoms. The molecule has 0 spiro atoms. The van der Waals surface area contributed by atoms with E-state index in [0.717, 1.165) is 30.6 Å². The van der Waals surface area contributed by atoms with Crippen LogP contribution in [0.25, 0.3) is 21.3 Å². The first-order chi connectivity index (χ1) is 19.8. The third kappa shape index (κ3) is 6.96. The van der Waals surface area contributed by atoms with Crippen molar-refractivity contribution in [3.8, 4) is 21.3 Å². The topological polar surface area (TPSA) is 145 Å². The molecule has 11 nitrogen and oxygen atoms in total. The fraction of sp³-hybridized carbons (Fsp3) is 0.519. The number of sulfonamides is 1. The lowest BCUT2D eigenvalue weighted by atomic mass is 10.0. The first kappa shape index (κ1) is 32.3. The number of nitrogens with one attached hydrogen (secondary N) is 1. The molecule has 0 radical (unpaired) electrons. The van der Waals surface area contributed by atoms with Crippen LogP contribution in [0.3, 0.4) is 0 Å². The van der Waals surface area contributed by atoms with Crippen LogP contribution in [-0.2, 0) is 26.0 Å². The van der Waals surface area contributed by atoms with Gasteiger partial charge in [0.1, 0.15) is 16.2 Å². The highest BCUT2D eigenvalue weighted by Crippen LogP contribution is 2.43. The van der Waals surface area contributed by atoms with Gasteiger partial charge in [0.05, 0.1) is 21.3 Å². The Bertz CT molecular complexity index is 1570. The molecule has 4 rings (SSSR count). The van der Waals surface area contributed by atoms with Gasteiger partial charge in [-0.3, -0.25) is 9.59 Å². The fourth-order valence-corrected chi connectivity index (χ4v) is 7.81. The minimum absolute atomic E-state index is 0.0116. The van der Waals surface area contributed by atoms with E-state index in [9.17, 15) is 18.0 Å². The van der Waals surface area contributed by atoms with Crippen molar-refractivity contribution >= 4 is 56.9 Å². The maximum Gasteiger partial charge on any atom is 0.293 e. The Labute approximate surface area is 259 Å². The van der Waals surface area contributed by atoms with E-state index < -0.39 is 15.6 Å². The van der Waals surface area contributed by atoms with Gasteiger partial charge in [-0.1, -0.05) is 36.2 Å². The van der Waals surface area contributed by atoms with Gasteiger partial charge in [-0.05, 0) is 59.4 Å². The van der Waals surface area contributed by atoms with E-state index in [1.54, 1.807) is 25.7 Å². The molecule has 3 heterocycles. The minimum atomic E-state index is -3.95. The van der Waals surface area contributed by atoms with Gasteiger partial charge < -0.3 is 14.1 Å². The SMILES string of the molecule is CC[C@@H](C)NS(=O)(=O)c1ccc(-c2sc(-c3nnc(CC(C)(C)OC=O)o3)nc2C(=O)N2CCCC[C@@H]2C)c(Cl)c1Cl. The van der Waals surface area contributed by atoms with E-state index in [4.69, 9.17) is 32.4 Å². The third-order valence-corrected chi connectivity index (χ3v) is 10.7. The molecule has 2 aromatic heterocycles. The quantitative estimate of drug-likeness (QED) is 0.255. The normalized spacial score (nSPS) is 16.8. The minimum Gasteiger partial charge on any atom is -0.461 e. The summed E-state index contributed by atoms with van der Waals surface area (Å²) in [6, 6.07) is 2.59. The van der Waals surface area contributed by atoms with E-state index in [0.29, 0.717) is 29.9 Å². The maximum absolute atomic E-state index is 13.9. The molecule has 0 aliphatic carbocycles. The number of rotatable bonds is 11. The zero-order valence-corrected chi connectivity index (χ0v) is 27.1. The van der Waals surface area contributed by atoms with Crippen LogP contribution >= 0.6 is 34.5 Å². The molecule has 15 heteroatoms. The molecule has 1 N–H and O–H groups in total. The number of nitrogens with zero attached hydrogens (tertiary/aromatic N) is 4. The zero-order chi connectivity index (χ0) is 30.8. The first-order valence-electron chi connectivity index (χ1n) is 13.5. The number of carbonyl (C=O) groups excluding carboxylic acids is 2. The summed E-state index contributed by atoms with van der Waals surface area (Å²) >= 11 is 14.3. The van der Waals surface area contributed by atoms with Crippen LogP contribution in [-0.4, -0.2) is 65.1 Å². The Hall–Kier alpha value is -2.58. The second-order valence-corrected chi connectivity index (χ2v) is 14.3. The average Bonchev–Trinajstić information content (AvgIpc) is 3.56. The predicted octanol–water partition coefficient (Wildman–Crippen LogP) is 5.75. The zero-order valence-electron chi connectivity index (χ0n) is 23.9. The molecule has 228 valence electrons. The van der Waals surface area contributed by atoms with Crippen LogP contribution in [0.4, 0.5) is 0 Å². The van der Waals surface area contributed by atoms with Crippen molar-refractivity contribution in [2.24, 2.45) is 0 Å².